The lowest BCUT2D eigenvalue weighted by Crippen LogP contribution is -2.59. The van der Waals surface area contributed by atoms with Crippen molar-refractivity contribution in [3.05, 3.63) is 77.7 Å². The molecule has 1 N–H and O–H groups in total. The molecule has 3 heterocycles. The zero-order valence-electron chi connectivity index (χ0n) is 21.3. The van der Waals surface area contributed by atoms with Crippen LogP contribution in [0.3, 0.4) is 0 Å². The molecule has 0 spiro atoms. The first kappa shape index (κ1) is 23.4. The Hall–Kier alpha value is -2.68. The van der Waals surface area contributed by atoms with Gasteiger partial charge in [-0.1, -0.05) is 36.4 Å². The van der Waals surface area contributed by atoms with Crippen molar-refractivity contribution in [2.45, 2.75) is 48.7 Å². The van der Waals surface area contributed by atoms with Gasteiger partial charge in [-0.25, -0.2) is 18.1 Å². The van der Waals surface area contributed by atoms with Crippen LogP contribution in [-0.4, -0.2) is 61.1 Å². The first-order valence-electron chi connectivity index (χ1n) is 13.6. The Morgan fingerprint density at radius 3 is 2.54 bits per heavy atom. The molecule has 2 aliphatic carbocycles. The van der Waals surface area contributed by atoms with E-state index in [1.165, 1.54) is 60.8 Å². The predicted octanol–water partition coefficient (Wildman–Crippen LogP) is 3.18. The van der Waals surface area contributed by atoms with Crippen LogP contribution in [-0.2, 0) is 29.9 Å². The summed E-state index contributed by atoms with van der Waals surface area (Å²) < 4.78 is 29.8. The van der Waals surface area contributed by atoms with Crippen LogP contribution in [0.25, 0.3) is 0 Å². The average molecular weight is 518 g/mol. The van der Waals surface area contributed by atoms with Crippen molar-refractivity contribution in [2.75, 3.05) is 31.1 Å². The Morgan fingerprint density at radius 2 is 1.81 bits per heavy atom. The smallest absolute Gasteiger partial charge is 0.259 e. The van der Waals surface area contributed by atoms with Crippen molar-refractivity contribution in [3.63, 3.8) is 0 Å². The van der Waals surface area contributed by atoms with E-state index < -0.39 is 10.0 Å². The van der Waals surface area contributed by atoms with Gasteiger partial charge in [0.05, 0.1) is 12.4 Å². The van der Waals surface area contributed by atoms with E-state index in [2.05, 4.69) is 68.0 Å². The summed E-state index contributed by atoms with van der Waals surface area (Å²) in [6.07, 6.45) is 7.94. The normalized spacial score (nSPS) is 27.5. The highest BCUT2D eigenvalue weighted by molar-refractivity contribution is 7.89. The van der Waals surface area contributed by atoms with Gasteiger partial charge in [-0.05, 0) is 66.3 Å². The molecule has 1 saturated carbocycles. The monoisotopic (exact) mass is 517 g/mol. The lowest BCUT2D eigenvalue weighted by Gasteiger charge is -2.43. The summed E-state index contributed by atoms with van der Waals surface area (Å²) in [5.74, 6) is 2.37. The molecule has 4 unspecified atom stereocenters. The second-order valence-corrected chi connectivity index (χ2v) is 13.3. The van der Waals surface area contributed by atoms with E-state index in [0.717, 1.165) is 24.7 Å². The highest BCUT2D eigenvalue weighted by Crippen LogP contribution is 2.49. The molecule has 4 atom stereocenters. The third-order valence-electron chi connectivity index (χ3n) is 9.00. The summed E-state index contributed by atoms with van der Waals surface area (Å²) in [5.41, 5.74) is 5.59. The number of anilines is 1. The van der Waals surface area contributed by atoms with Gasteiger partial charge in [0, 0.05) is 57.1 Å². The van der Waals surface area contributed by atoms with E-state index in [-0.39, 0.29) is 11.1 Å². The van der Waals surface area contributed by atoms with Gasteiger partial charge in [0.1, 0.15) is 0 Å². The van der Waals surface area contributed by atoms with Gasteiger partial charge in [-0.15, -0.1) is 0 Å². The molecule has 0 amide bonds. The topological polar surface area (TPSA) is 70.5 Å². The molecule has 37 heavy (non-hydrogen) atoms. The van der Waals surface area contributed by atoms with Crippen LogP contribution in [0.15, 0.2) is 66.1 Å². The van der Waals surface area contributed by atoms with Crippen molar-refractivity contribution >= 4 is 15.7 Å². The molecule has 194 valence electrons. The predicted molar refractivity (Wildman–Crippen MR) is 144 cm³/mol. The van der Waals surface area contributed by atoms with Gasteiger partial charge < -0.3 is 9.47 Å². The fraction of sp³-hybridized carbons (Fsp3) is 0.483. The number of hydrogen-bond acceptors (Lipinski definition) is 5. The van der Waals surface area contributed by atoms with Crippen molar-refractivity contribution in [1.29, 1.82) is 0 Å². The fourth-order valence-corrected chi connectivity index (χ4v) is 8.09. The van der Waals surface area contributed by atoms with E-state index in [1.807, 2.05) is 0 Å². The lowest BCUT2D eigenvalue weighted by molar-refractivity contribution is 0.171. The quantitative estimate of drug-likeness (QED) is 0.521. The van der Waals surface area contributed by atoms with Crippen LogP contribution in [0.2, 0.25) is 0 Å². The van der Waals surface area contributed by atoms with Gasteiger partial charge in [0.2, 0.25) is 0 Å². The summed E-state index contributed by atoms with van der Waals surface area (Å²) in [6, 6.07) is 18.4. The van der Waals surface area contributed by atoms with Gasteiger partial charge in [-0.3, -0.25) is 4.90 Å². The maximum absolute atomic E-state index is 12.7. The highest BCUT2D eigenvalue weighted by Gasteiger charge is 2.48. The van der Waals surface area contributed by atoms with Crippen LogP contribution < -0.4 is 9.62 Å². The Labute approximate surface area is 219 Å². The van der Waals surface area contributed by atoms with Crippen molar-refractivity contribution in [1.82, 2.24) is 19.2 Å². The summed E-state index contributed by atoms with van der Waals surface area (Å²) in [4.78, 5) is 9.10. The number of imidazole rings is 1. The third kappa shape index (κ3) is 4.49. The summed E-state index contributed by atoms with van der Waals surface area (Å²) in [6.45, 7) is 3.90. The first-order chi connectivity index (χ1) is 17.9. The highest BCUT2D eigenvalue weighted by atomic mass is 32.2. The number of likely N-dealkylation sites (tertiary alicyclic amines) is 1. The molecule has 2 saturated heterocycles. The number of aryl methyl sites for hydroxylation is 2. The Kier molecular flexibility index (Phi) is 5.68. The third-order valence-corrected chi connectivity index (χ3v) is 10.4. The van der Waals surface area contributed by atoms with E-state index in [9.17, 15) is 8.42 Å². The van der Waals surface area contributed by atoms with Crippen molar-refractivity contribution in [2.24, 2.45) is 18.9 Å². The van der Waals surface area contributed by atoms with Crippen LogP contribution in [0, 0.1) is 11.8 Å². The van der Waals surface area contributed by atoms with Crippen LogP contribution >= 0.6 is 0 Å². The summed E-state index contributed by atoms with van der Waals surface area (Å²) in [7, 11) is -1.82. The lowest BCUT2D eigenvalue weighted by atomic mass is 9.75. The molecule has 0 bridgehead atoms. The Morgan fingerprint density at radius 1 is 1.03 bits per heavy atom. The van der Waals surface area contributed by atoms with Crippen LogP contribution in [0.1, 0.15) is 35.4 Å². The zero-order chi connectivity index (χ0) is 25.1. The van der Waals surface area contributed by atoms with Crippen LogP contribution in [0.5, 0.6) is 0 Å². The second-order valence-electron chi connectivity index (χ2n) is 11.6. The average Bonchev–Trinajstić information content (AvgIpc) is 3.23. The molecule has 3 fully saturated rings. The number of aromatic nitrogens is 2. The van der Waals surface area contributed by atoms with E-state index in [0.29, 0.717) is 25.0 Å². The molecular formula is C29H35N5O2S. The Bertz CT molecular complexity index is 1390. The van der Waals surface area contributed by atoms with Crippen LogP contribution in [0.4, 0.5) is 5.69 Å². The minimum absolute atomic E-state index is 0.0802. The number of nitrogens with one attached hydrogen (secondary N) is 1. The molecule has 1 aromatic heterocycles. The van der Waals surface area contributed by atoms with Gasteiger partial charge in [0.15, 0.2) is 5.03 Å². The van der Waals surface area contributed by atoms with Gasteiger partial charge >= 0.3 is 0 Å². The number of piperidine rings is 1. The standard InChI is InChI=1S/C29H35N5O2S/c1-32-18-29(30-19-32)37(35,36)31-24-16-33(17-24)25-9-7-21-8-10-28(34-14-22-12-23(22)15-34)27(26(21)13-25)11-20-5-3-2-4-6-20/h2-7,9,13,18-19,22-24,27-28,31H,8,10-12,14-17H2,1H3. The molecule has 2 aliphatic heterocycles. The second kappa shape index (κ2) is 8.96. The van der Waals surface area contributed by atoms with Crippen molar-refractivity contribution < 1.29 is 8.42 Å². The zero-order valence-corrected chi connectivity index (χ0v) is 22.1. The SMILES string of the molecule is Cn1cnc(S(=O)(=O)NC2CN(c3ccc4c(c3)C(Cc3ccccc3)C(N3CC5CC5C3)CC4)C2)c1. The fourth-order valence-electron chi connectivity index (χ4n) is 6.89. The number of nitrogens with zero attached hydrogens (tertiary/aromatic N) is 4. The number of rotatable bonds is 7. The number of sulfonamides is 1. The minimum Gasteiger partial charge on any atom is -0.368 e. The number of hydrogen-bond donors (Lipinski definition) is 1. The Balaban J connectivity index is 1.10. The summed E-state index contributed by atoms with van der Waals surface area (Å²) in [5, 5.41) is 0.0802. The van der Waals surface area contributed by atoms with Gasteiger partial charge in [0.25, 0.3) is 10.0 Å². The molecule has 8 heteroatoms. The van der Waals surface area contributed by atoms with E-state index >= 15 is 0 Å². The molecule has 0 radical (unpaired) electrons. The van der Waals surface area contributed by atoms with E-state index in [1.54, 1.807) is 11.6 Å². The molecule has 4 aliphatic rings. The molecule has 3 aromatic rings. The maximum Gasteiger partial charge on any atom is 0.259 e. The molecule has 7 nitrogen and oxygen atoms in total. The minimum atomic E-state index is -3.59. The molecule has 7 rings (SSSR count). The summed E-state index contributed by atoms with van der Waals surface area (Å²) >= 11 is 0. The van der Waals surface area contributed by atoms with Crippen molar-refractivity contribution in [3.8, 4) is 0 Å². The first-order valence-corrected chi connectivity index (χ1v) is 15.1. The molecular weight excluding hydrogens is 482 g/mol. The number of fused-ring (bicyclic) bond motifs is 2. The largest absolute Gasteiger partial charge is 0.368 e. The van der Waals surface area contributed by atoms with E-state index in [4.69, 9.17) is 0 Å². The molecule has 2 aromatic carbocycles. The van der Waals surface area contributed by atoms with Gasteiger partial charge in [-0.2, -0.15) is 0 Å². The maximum atomic E-state index is 12.7. The number of benzene rings is 2.